The molecule has 3 heterocycles. The molecule has 1 aliphatic heterocycles. The van der Waals surface area contributed by atoms with Gasteiger partial charge in [-0.15, -0.1) is 0 Å². The Morgan fingerprint density at radius 1 is 1.17 bits per heavy atom. The lowest BCUT2D eigenvalue weighted by molar-refractivity contribution is -0.139. The van der Waals surface area contributed by atoms with Crippen LogP contribution in [0.15, 0.2) is 80.1 Å². The maximum Gasteiger partial charge on any atom is 0.338 e. The Morgan fingerprint density at radius 3 is 2.54 bits per heavy atom. The second-order valence-electron chi connectivity index (χ2n) is 9.49. The van der Waals surface area contributed by atoms with Gasteiger partial charge in [-0.05, 0) is 55.8 Å². The largest absolute Gasteiger partial charge is 0.478 e. The van der Waals surface area contributed by atoms with Gasteiger partial charge in [0.1, 0.15) is 11.5 Å². The lowest BCUT2D eigenvalue weighted by atomic mass is 9.95. The highest BCUT2D eigenvalue weighted by atomic mass is 35.5. The Morgan fingerprint density at radius 2 is 1.90 bits per heavy atom. The zero-order valence-electron chi connectivity index (χ0n) is 22.7. The summed E-state index contributed by atoms with van der Waals surface area (Å²) >= 11 is 7.32. The minimum absolute atomic E-state index is 0.00769. The van der Waals surface area contributed by atoms with E-state index in [2.05, 4.69) is 4.99 Å². The molecule has 0 amide bonds. The Labute approximate surface area is 243 Å². The first-order valence-electron chi connectivity index (χ1n) is 12.7. The van der Waals surface area contributed by atoms with Gasteiger partial charge in [-0.1, -0.05) is 41.1 Å². The van der Waals surface area contributed by atoms with Crippen LogP contribution >= 0.6 is 22.9 Å². The van der Waals surface area contributed by atoms with Gasteiger partial charge in [-0.3, -0.25) is 9.36 Å². The molecule has 2 aromatic heterocycles. The van der Waals surface area contributed by atoms with E-state index in [1.807, 2.05) is 43.3 Å². The molecule has 0 saturated carbocycles. The standard InChI is InChI=1S/C30H26ClN3O6S/c1-5-39-29(38)25-16(2)32-30-34(26(25)17-6-9-19(10-7-17)33(3)4)27(35)24(41-30)15-20-11-13-23(40-20)18-8-12-21(28(36)37)22(31)14-18/h6-15,26H,5H2,1-4H3,(H,36,37)/b24-15-/t26-/m0/s1. The Bertz CT molecular complexity index is 1880. The van der Waals surface area contributed by atoms with Gasteiger partial charge in [0.2, 0.25) is 0 Å². The number of nitrogens with zero attached hydrogens (tertiary/aromatic N) is 3. The molecule has 4 aromatic rings. The van der Waals surface area contributed by atoms with Crippen LogP contribution < -0.4 is 19.8 Å². The molecule has 0 unspecified atom stereocenters. The number of anilines is 1. The highest BCUT2D eigenvalue weighted by molar-refractivity contribution is 7.07. The summed E-state index contributed by atoms with van der Waals surface area (Å²) in [5.74, 6) is -0.766. The van der Waals surface area contributed by atoms with Crippen molar-refractivity contribution in [3.05, 3.63) is 107 Å². The maximum atomic E-state index is 13.8. The first-order chi connectivity index (χ1) is 19.6. The molecule has 2 aromatic carbocycles. The van der Waals surface area contributed by atoms with Crippen molar-refractivity contribution in [1.82, 2.24) is 4.57 Å². The number of aromatic nitrogens is 1. The van der Waals surface area contributed by atoms with Crippen molar-refractivity contribution in [1.29, 1.82) is 0 Å². The highest BCUT2D eigenvalue weighted by Gasteiger charge is 2.33. The number of hydrogen-bond acceptors (Lipinski definition) is 8. The summed E-state index contributed by atoms with van der Waals surface area (Å²) in [4.78, 5) is 45.2. The number of rotatable bonds is 7. The fraction of sp³-hybridized carbons (Fsp3) is 0.200. The fourth-order valence-corrected chi connectivity index (χ4v) is 5.91. The Hall–Kier alpha value is -4.41. The Kier molecular flexibility index (Phi) is 7.70. The first-order valence-corrected chi connectivity index (χ1v) is 13.9. The molecule has 0 bridgehead atoms. The average molecular weight is 592 g/mol. The summed E-state index contributed by atoms with van der Waals surface area (Å²) in [6.45, 7) is 3.66. The summed E-state index contributed by atoms with van der Waals surface area (Å²) in [5, 5.41) is 9.31. The van der Waals surface area contributed by atoms with Crippen LogP contribution in [0.25, 0.3) is 17.4 Å². The number of carbonyl (C=O) groups excluding carboxylic acids is 1. The van der Waals surface area contributed by atoms with Gasteiger partial charge in [0, 0.05) is 31.4 Å². The van der Waals surface area contributed by atoms with Crippen molar-refractivity contribution in [3.63, 3.8) is 0 Å². The van der Waals surface area contributed by atoms with Gasteiger partial charge in [0.05, 0.1) is 39.0 Å². The molecule has 1 N–H and O–H groups in total. The van der Waals surface area contributed by atoms with E-state index in [0.29, 0.717) is 37.7 Å². The number of aromatic carboxylic acids is 1. The molecule has 210 valence electrons. The molecule has 0 saturated heterocycles. The van der Waals surface area contributed by atoms with E-state index in [-0.39, 0.29) is 22.8 Å². The van der Waals surface area contributed by atoms with Gasteiger partial charge in [-0.2, -0.15) is 0 Å². The third-order valence-electron chi connectivity index (χ3n) is 6.63. The first kappa shape index (κ1) is 28.1. The number of carboxylic acids is 1. The monoisotopic (exact) mass is 591 g/mol. The molecule has 9 nitrogen and oxygen atoms in total. The molecule has 0 radical (unpaired) electrons. The van der Waals surface area contributed by atoms with Crippen molar-refractivity contribution in [2.75, 3.05) is 25.6 Å². The smallest absolute Gasteiger partial charge is 0.338 e. The van der Waals surface area contributed by atoms with Gasteiger partial charge in [0.25, 0.3) is 5.56 Å². The second-order valence-corrected chi connectivity index (χ2v) is 10.9. The predicted molar refractivity (Wildman–Crippen MR) is 157 cm³/mol. The van der Waals surface area contributed by atoms with Crippen LogP contribution in [0, 0.1) is 0 Å². The third-order valence-corrected chi connectivity index (χ3v) is 7.92. The normalized spacial score (nSPS) is 15.0. The average Bonchev–Trinajstić information content (AvgIpc) is 3.52. The van der Waals surface area contributed by atoms with E-state index in [1.165, 1.54) is 28.0 Å². The number of allylic oxidation sites excluding steroid dienone is 1. The number of carbonyl (C=O) groups is 2. The topological polar surface area (TPSA) is 114 Å². The number of halogens is 1. The predicted octanol–water partition coefficient (Wildman–Crippen LogP) is 4.48. The number of hydrogen-bond donors (Lipinski definition) is 1. The van der Waals surface area contributed by atoms with E-state index in [4.69, 9.17) is 20.8 Å². The summed E-state index contributed by atoms with van der Waals surface area (Å²) < 4.78 is 13.2. The van der Waals surface area contributed by atoms with Crippen LogP contribution in [0.5, 0.6) is 0 Å². The van der Waals surface area contributed by atoms with Crippen molar-refractivity contribution in [2.24, 2.45) is 4.99 Å². The summed E-state index contributed by atoms with van der Waals surface area (Å²) in [6.07, 6.45) is 1.62. The van der Waals surface area contributed by atoms with E-state index in [1.54, 1.807) is 38.1 Å². The van der Waals surface area contributed by atoms with Crippen LogP contribution in [-0.2, 0) is 9.53 Å². The van der Waals surface area contributed by atoms with E-state index in [9.17, 15) is 19.5 Å². The van der Waals surface area contributed by atoms with Crippen molar-refractivity contribution in [3.8, 4) is 11.3 Å². The molecular weight excluding hydrogens is 566 g/mol. The van der Waals surface area contributed by atoms with Crippen LogP contribution in [-0.4, -0.2) is 42.3 Å². The fourth-order valence-electron chi connectivity index (χ4n) is 4.62. The van der Waals surface area contributed by atoms with Crippen molar-refractivity contribution in [2.45, 2.75) is 19.9 Å². The maximum absolute atomic E-state index is 13.8. The van der Waals surface area contributed by atoms with Gasteiger partial charge >= 0.3 is 11.9 Å². The van der Waals surface area contributed by atoms with Crippen molar-refractivity contribution < 1.29 is 23.8 Å². The molecule has 0 fully saturated rings. The molecular formula is C30H26ClN3O6S. The third kappa shape index (κ3) is 5.36. The number of thiazole rings is 1. The second kappa shape index (κ2) is 11.2. The number of ether oxygens (including phenoxy) is 1. The molecule has 5 rings (SSSR count). The molecule has 11 heteroatoms. The van der Waals surface area contributed by atoms with Gasteiger partial charge in [0.15, 0.2) is 4.80 Å². The van der Waals surface area contributed by atoms with Gasteiger partial charge in [-0.25, -0.2) is 14.6 Å². The zero-order valence-corrected chi connectivity index (χ0v) is 24.2. The number of benzene rings is 2. The lowest BCUT2D eigenvalue weighted by Crippen LogP contribution is -2.39. The minimum atomic E-state index is -1.12. The molecule has 41 heavy (non-hydrogen) atoms. The number of carboxylic acid groups (broad SMARTS) is 1. The van der Waals surface area contributed by atoms with Crippen LogP contribution in [0.1, 0.15) is 41.6 Å². The molecule has 1 aliphatic rings. The van der Waals surface area contributed by atoms with Gasteiger partial charge < -0.3 is 19.2 Å². The number of furan rings is 1. The SMILES string of the molecule is CCOC(=O)C1=C(C)N=c2s/c(=C\c3ccc(-c4ccc(C(=O)O)c(Cl)c4)o3)c(=O)n2[C@H]1c1ccc(N(C)C)cc1. The molecule has 1 atom stereocenters. The molecule has 0 spiro atoms. The summed E-state index contributed by atoms with van der Waals surface area (Å²) in [6, 6.07) is 14.9. The van der Waals surface area contributed by atoms with Crippen molar-refractivity contribution >= 4 is 46.6 Å². The van der Waals surface area contributed by atoms with Crippen LogP contribution in [0.4, 0.5) is 5.69 Å². The highest BCUT2D eigenvalue weighted by Crippen LogP contribution is 2.32. The molecule has 0 aliphatic carbocycles. The number of esters is 1. The minimum Gasteiger partial charge on any atom is -0.478 e. The van der Waals surface area contributed by atoms with E-state index >= 15 is 0 Å². The zero-order chi connectivity index (χ0) is 29.4. The summed E-state index contributed by atoms with van der Waals surface area (Å²) in [7, 11) is 3.87. The Balaban J connectivity index is 1.60. The number of fused-ring (bicyclic) bond motifs is 1. The lowest BCUT2D eigenvalue weighted by Gasteiger charge is -2.25. The quantitative estimate of drug-likeness (QED) is 0.315. The van der Waals surface area contributed by atoms with Crippen LogP contribution in [0.3, 0.4) is 0 Å². The van der Waals surface area contributed by atoms with E-state index < -0.39 is 18.0 Å². The summed E-state index contributed by atoms with van der Waals surface area (Å²) in [5.41, 5.74) is 2.79. The van der Waals surface area contributed by atoms with E-state index in [0.717, 1.165) is 11.3 Å². The van der Waals surface area contributed by atoms with Crippen LogP contribution in [0.2, 0.25) is 5.02 Å².